The van der Waals surface area contributed by atoms with E-state index in [1.807, 2.05) is 14.0 Å². The van der Waals surface area contributed by atoms with E-state index in [0.29, 0.717) is 23.1 Å². The largest absolute Gasteiger partial charge is 0.489 e. The van der Waals surface area contributed by atoms with E-state index in [1.165, 1.54) is 12.3 Å². The summed E-state index contributed by atoms with van der Waals surface area (Å²) in [5, 5.41) is 15.2. The van der Waals surface area contributed by atoms with Crippen LogP contribution in [0.3, 0.4) is 0 Å². The number of benzene rings is 1. The summed E-state index contributed by atoms with van der Waals surface area (Å²) >= 11 is 0. The number of nitrogens with zero attached hydrogens (tertiary/aromatic N) is 2. The minimum atomic E-state index is -0.400. The fourth-order valence-corrected chi connectivity index (χ4v) is 1.96. The summed E-state index contributed by atoms with van der Waals surface area (Å²) in [6.07, 6.45) is 3.09. The summed E-state index contributed by atoms with van der Waals surface area (Å²) in [6.45, 7) is 2.62. The van der Waals surface area contributed by atoms with Crippen molar-refractivity contribution in [3.8, 4) is 5.75 Å². The zero-order chi connectivity index (χ0) is 13.8. The summed E-state index contributed by atoms with van der Waals surface area (Å²) in [7, 11) is 1.84. The average molecular weight is 261 g/mol. The highest BCUT2D eigenvalue weighted by molar-refractivity contribution is 5.94. The molecular weight excluding hydrogens is 246 g/mol. The number of rotatable bonds is 5. The lowest BCUT2D eigenvalue weighted by molar-refractivity contribution is -0.383. The van der Waals surface area contributed by atoms with Crippen LogP contribution in [0.4, 0.5) is 5.69 Å². The van der Waals surface area contributed by atoms with Crippen molar-refractivity contribution >= 4 is 16.5 Å². The number of pyridine rings is 1. The van der Waals surface area contributed by atoms with Crippen molar-refractivity contribution in [2.45, 2.75) is 13.0 Å². The van der Waals surface area contributed by atoms with Crippen LogP contribution < -0.4 is 10.1 Å². The van der Waals surface area contributed by atoms with E-state index in [9.17, 15) is 10.1 Å². The average Bonchev–Trinajstić information content (AvgIpc) is 2.39. The van der Waals surface area contributed by atoms with E-state index < -0.39 is 4.92 Å². The Labute approximate surface area is 110 Å². The van der Waals surface area contributed by atoms with E-state index in [0.717, 1.165) is 0 Å². The molecular formula is C13H15N3O3. The third-order valence-corrected chi connectivity index (χ3v) is 2.77. The fourth-order valence-electron chi connectivity index (χ4n) is 1.96. The lowest BCUT2D eigenvalue weighted by atomic mass is 10.1. The Bertz CT molecular complexity index is 601. The molecule has 0 aliphatic rings. The van der Waals surface area contributed by atoms with Crippen molar-refractivity contribution in [3.05, 3.63) is 40.7 Å². The first-order chi connectivity index (χ1) is 9.13. The molecule has 1 aromatic carbocycles. The number of nitro groups is 1. The van der Waals surface area contributed by atoms with Crippen LogP contribution >= 0.6 is 0 Å². The van der Waals surface area contributed by atoms with Crippen molar-refractivity contribution in [1.82, 2.24) is 10.3 Å². The van der Waals surface area contributed by atoms with Crippen molar-refractivity contribution < 1.29 is 9.66 Å². The van der Waals surface area contributed by atoms with Crippen LogP contribution in [0.25, 0.3) is 10.8 Å². The second kappa shape index (κ2) is 5.62. The Kier molecular flexibility index (Phi) is 3.91. The van der Waals surface area contributed by atoms with Crippen molar-refractivity contribution in [3.63, 3.8) is 0 Å². The Hall–Kier alpha value is -2.21. The number of hydrogen-bond donors (Lipinski definition) is 1. The van der Waals surface area contributed by atoms with Crippen LogP contribution in [0.1, 0.15) is 6.92 Å². The molecule has 0 bridgehead atoms. The number of non-ortho nitro benzene ring substituents is 1. The van der Waals surface area contributed by atoms with Gasteiger partial charge < -0.3 is 10.1 Å². The molecule has 0 aliphatic carbocycles. The van der Waals surface area contributed by atoms with E-state index in [-0.39, 0.29) is 11.8 Å². The van der Waals surface area contributed by atoms with E-state index >= 15 is 0 Å². The smallest absolute Gasteiger partial charge is 0.277 e. The van der Waals surface area contributed by atoms with Gasteiger partial charge >= 0.3 is 0 Å². The normalized spacial score (nSPS) is 12.3. The molecule has 0 saturated heterocycles. The summed E-state index contributed by atoms with van der Waals surface area (Å²) < 4.78 is 5.78. The molecule has 2 rings (SSSR count). The minimum Gasteiger partial charge on any atom is -0.489 e. The van der Waals surface area contributed by atoms with Gasteiger partial charge in [-0.05, 0) is 26.1 Å². The monoisotopic (exact) mass is 261 g/mol. The molecule has 6 heteroatoms. The second-order valence-corrected chi connectivity index (χ2v) is 4.25. The van der Waals surface area contributed by atoms with E-state index in [1.54, 1.807) is 18.3 Å². The summed E-state index contributed by atoms with van der Waals surface area (Å²) in [5.41, 5.74) is 0.0611. The minimum absolute atomic E-state index is 0.0325. The number of aromatic nitrogens is 1. The van der Waals surface area contributed by atoms with Crippen LogP contribution in [0.5, 0.6) is 5.75 Å². The zero-order valence-electron chi connectivity index (χ0n) is 10.8. The number of likely N-dealkylation sites (N-methyl/N-ethyl adjacent to an activating group) is 1. The topological polar surface area (TPSA) is 77.3 Å². The summed E-state index contributed by atoms with van der Waals surface area (Å²) in [4.78, 5) is 14.6. The predicted molar refractivity (Wildman–Crippen MR) is 72.4 cm³/mol. The Morgan fingerprint density at radius 2 is 2.21 bits per heavy atom. The molecule has 1 heterocycles. The highest BCUT2D eigenvalue weighted by Crippen LogP contribution is 2.32. The molecule has 1 N–H and O–H groups in total. The van der Waals surface area contributed by atoms with Gasteiger partial charge in [-0.25, -0.2) is 0 Å². The standard InChI is InChI=1S/C13H15N3O3/c1-9(7-14-2)19-13-4-3-12(16(17)18)10-5-6-15-8-11(10)13/h3-6,8-9,14H,7H2,1-2H3. The molecule has 19 heavy (non-hydrogen) atoms. The van der Waals surface area contributed by atoms with Gasteiger partial charge in [0.2, 0.25) is 0 Å². The molecule has 2 aromatic rings. The van der Waals surface area contributed by atoms with Gasteiger partial charge in [0.05, 0.1) is 10.3 Å². The first-order valence-corrected chi connectivity index (χ1v) is 5.96. The molecule has 1 atom stereocenters. The maximum Gasteiger partial charge on any atom is 0.277 e. The third-order valence-electron chi connectivity index (χ3n) is 2.77. The van der Waals surface area contributed by atoms with Crippen LogP contribution in [-0.2, 0) is 0 Å². The Morgan fingerprint density at radius 3 is 2.89 bits per heavy atom. The van der Waals surface area contributed by atoms with Crippen LogP contribution in [-0.4, -0.2) is 29.6 Å². The van der Waals surface area contributed by atoms with E-state index in [4.69, 9.17) is 4.74 Å². The number of hydrogen-bond acceptors (Lipinski definition) is 5. The van der Waals surface area contributed by atoms with Gasteiger partial charge in [0, 0.05) is 30.4 Å². The molecule has 0 radical (unpaired) electrons. The van der Waals surface area contributed by atoms with Gasteiger partial charge in [-0.1, -0.05) is 0 Å². The third kappa shape index (κ3) is 2.79. The lowest BCUT2D eigenvalue weighted by Crippen LogP contribution is -2.26. The van der Waals surface area contributed by atoms with Gasteiger partial charge in [0.25, 0.3) is 5.69 Å². The lowest BCUT2D eigenvalue weighted by Gasteiger charge is -2.15. The number of fused-ring (bicyclic) bond motifs is 1. The SMILES string of the molecule is CNCC(C)Oc1ccc([N+](=O)[O-])c2ccncc12. The molecule has 0 aliphatic heterocycles. The zero-order valence-corrected chi connectivity index (χ0v) is 10.8. The van der Waals surface area contributed by atoms with Crippen molar-refractivity contribution in [2.24, 2.45) is 0 Å². The number of nitro benzene ring substituents is 1. The summed E-state index contributed by atoms with van der Waals surface area (Å²) in [6, 6.07) is 4.71. The van der Waals surface area contributed by atoms with Crippen LogP contribution in [0.15, 0.2) is 30.6 Å². The molecule has 1 aromatic heterocycles. The maximum absolute atomic E-state index is 11.0. The maximum atomic E-state index is 11.0. The molecule has 0 amide bonds. The molecule has 1 unspecified atom stereocenters. The number of ether oxygens (including phenoxy) is 1. The van der Waals surface area contributed by atoms with Gasteiger partial charge in [-0.3, -0.25) is 15.1 Å². The van der Waals surface area contributed by atoms with Gasteiger partial charge in [-0.2, -0.15) is 0 Å². The predicted octanol–water partition coefficient (Wildman–Crippen LogP) is 2.13. The first-order valence-electron chi connectivity index (χ1n) is 5.96. The molecule has 100 valence electrons. The van der Waals surface area contributed by atoms with Crippen LogP contribution in [0.2, 0.25) is 0 Å². The highest BCUT2D eigenvalue weighted by Gasteiger charge is 2.16. The Morgan fingerprint density at radius 1 is 1.42 bits per heavy atom. The molecule has 0 fully saturated rings. The molecule has 6 nitrogen and oxygen atoms in total. The highest BCUT2D eigenvalue weighted by atomic mass is 16.6. The molecule has 0 spiro atoms. The second-order valence-electron chi connectivity index (χ2n) is 4.25. The van der Waals surface area contributed by atoms with Gasteiger partial charge in [0.1, 0.15) is 11.9 Å². The fraction of sp³-hybridized carbons (Fsp3) is 0.308. The summed E-state index contributed by atoms with van der Waals surface area (Å²) in [5.74, 6) is 0.608. The quantitative estimate of drug-likeness (QED) is 0.659. The first kappa shape index (κ1) is 13.2. The van der Waals surface area contributed by atoms with Crippen LogP contribution in [0, 0.1) is 10.1 Å². The van der Waals surface area contributed by atoms with Crippen molar-refractivity contribution in [2.75, 3.05) is 13.6 Å². The Balaban J connectivity index is 2.46. The number of nitrogens with one attached hydrogen (secondary N) is 1. The van der Waals surface area contributed by atoms with Crippen molar-refractivity contribution in [1.29, 1.82) is 0 Å². The molecule has 0 saturated carbocycles. The van der Waals surface area contributed by atoms with E-state index in [2.05, 4.69) is 10.3 Å². The van der Waals surface area contributed by atoms with Gasteiger partial charge in [0.15, 0.2) is 0 Å². The van der Waals surface area contributed by atoms with Gasteiger partial charge in [-0.15, -0.1) is 0 Å².